The first kappa shape index (κ1) is 14.0. The van der Waals surface area contributed by atoms with E-state index in [1.54, 1.807) is 12.1 Å². The summed E-state index contributed by atoms with van der Waals surface area (Å²) in [5.74, 6) is -0.0358. The fourth-order valence-electron chi connectivity index (χ4n) is 1.77. The molecule has 1 aromatic carbocycles. The molecule has 0 fully saturated rings. The van der Waals surface area contributed by atoms with Crippen molar-refractivity contribution in [3.05, 3.63) is 29.6 Å². The van der Waals surface area contributed by atoms with E-state index in [4.69, 9.17) is 10.5 Å². The van der Waals surface area contributed by atoms with E-state index in [2.05, 4.69) is 6.07 Å². The van der Waals surface area contributed by atoms with Gasteiger partial charge in [0.15, 0.2) is 0 Å². The maximum atomic E-state index is 13.9. The SMILES string of the molecule is CC(C)CN(CCC#N)c1ccc(C#N)cc1F. The molecule has 94 valence electrons. The highest BCUT2D eigenvalue weighted by Gasteiger charge is 2.13. The summed E-state index contributed by atoms with van der Waals surface area (Å²) in [6.07, 6.45) is 0.353. The van der Waals surface area contributed by atoms with Crippen molar-refractivity contribution >= 4 is 5.69 Å². The molecule has 0 N–H and O–H groups in total. The smallest absolute Gasteiger partial charge is 0.147 e. The fraction of sp³-hybridized carbons (Fsp3) is 0.429. The van der Waals surface area contributed by atoms with Gasteiger partial charge in [-0.3, -0.25) is 0 Å². The van der Waals surface area contributed by atoms with Crippen molar-refractivity contribution in [2.75, 3.05) is 18.0 Å². The molecule has 0 aliphatic heterocycles. The minimum absolute atomic E-state index is 0.307. The van der Waals surface area contributed by atoms with Crippen molar-refractivity contribution in [1.82, 2.24) is 0 Å². The third-order valence-corrected chi connectivity index (χ3v) is 2.50. The highest BCUT2D eigenvalue weighted by molar-refractivity contribution is 5.51. The normalized spacial score (nSPS) is 9.89. The monoisotopic (exact) mass is 245 g/mol. The molecule has 0 amide bonds. The predicted molar refractivity (Wildman–Crippen MR) is 68.4 cm³/mol. The molecule has 0 saturated carbocycles. The van der Waals surface area contributed by atoms with Gasteiger partial charge >= 0.3 is 0 Å². The van der Waals surface area contributed by atoms with Crippen molar-refractivity contribution < 1.29 is 4.39 Å². The average Bonchev–Trinajstić information content (AvgIpc) is 2.34. The molecule has 4 heteroatoms. The zero-order chi connectivity index (χ0) is 13.5. The van der Waals surface area contributed by atoms with E-state index < -0.39 is 5.82 Å². The maximum Gasteiger partial charge on any atom is 0.147 e. The van der Waals surface area contributed by atoms with Gasteiger partial charge in [0.05, 0.1) is 29.8 Å². The molecule has 0 atom stereocenters. The highest BCUT2D eigenvalue weighted by Crippen LogP contribution is 2.21. The molecule has 0 bridgehead atoms. The molecule has 1 rings (SSSR count). The van der Waals surface area contributed by atoms with Gasteiger partial charge in [-0.25, -0.2) is 4.39 Å². The zero-order valence-electron chi connectivity index (χ0n) is 10.7. The summed E-state index contributed by atoms with van der Waals surface area (Å²) in [6, 6.07) is 8.41. The van der Waals surface area contributed by atoms with Crippen molar-refractivity contribution in [2.24, 2.45) is 5.92 Å². The fourth-order valence-corrected chi connectivity index (χ4v) is 1.77. The Kier molecular flexibility index (Phi) is 5.14. The Balaban J connectivity index is 2.98. The van der Waals surface area contributed by atoms with Gasteiger partial charge in [0.2, 0.25) is 0 Å². The molecule has 0 aliphatic carbocycles. The number of nitriles is 2. The lowest BCUT2D eigenvalue weighted by Gasteiger charge is -2.26. The van der Waals surface area contributed by atoms with Gasteiger partial charge in [0.1, 0.15) is 5.82 Å². The molecule has 18 heavy (non-hydrogen) atoms. The number of nitrogens with zero attached hydrogens (tertiary/aromatic N) is 3. The average molecular weight is 245 g/mol. The third-order valence-electron chi connectivity index (χ3n) is 2.50. The quantitative estimate of drug-likeness (QED) is 0.801. The molecule has 1 aromatic rings. The number of halogens is 1. The van der Waals surface area contributed by atoms with E-state index >= 15 is 0 Å². The second kappa shape index (κ2) is 6.61. The molecule has 0 aromatic heterocycles. The van der Waals surface area contributed by atoms with Gasteiger partial charge in [-0.15, -0.1) is 0 Å². The molecular formula is C14H16FN3. The summed E-state index contributed by atoms with van der Waals surface area (Å²) >= 11 is 0. The molecule has 0 spiro atoms. The van der Waals surface area contributed by atoms with E-state index in [1.807, 2.05) is 24.8 Å². The topological polar surface area (TPSA) is 50.8 Å². The van der Waals surface area contributed by atoms with Crippen LogP contribution < -0.4 is 4.90 Å². The van der Waals surface area contributed by atoms with Gasteiger partial charge in [0, 0.05) is 13.1 Å². The number of hydrogen-bond donors (Lipinski definition) is 0. The number of rotatable bonds is 5. The molecule has 0 heterocycles. The Morgan fingerprint density at radius 1 is 1.33 bits per heavy atom. The van der Waals surface area contributed by atoms with E-state index in [0.717, 1.165) is 0 Å². The van der Waals surface area contributed by atoms with Crippen LogP contribution >= 0.6 is 0 Å². The van der Waals surface area contributed by atoms with Crippen LogP contribution in [0.25, 0.3) is 0 Å². The Hall–Kier alpha value is -2.07. The lowest BCUT2D eigenvalue weighted by atomic mass is 10.1. The summed E-state index contributed by atoms with van der Waals surface area (Å²) in [5, 5.41) is 17.3. The van der Waals surface area contributed by atoms with Gasteiger partial charge in [-0.2, -0.15) is 10.5 Å². The summed E-state index contributed by atoms with van der Waals surface area (Å²) in [4.78, 5) is 1.85. The van der Waals surface area contributed by atoms with Crippen LogP contribution in [-0.2, 0) is 0 Å². The third kappa shape index (κ3) is 3.75. The van der Waals surface area contributed by atoms with Crippen LogP contribution in [0.5, 0.6) is 0 Å². The Bertz CT molecular complexity index is 483. The minimum Gasteiger partial charge on any atom is -0.368 e. The Morgan fingerprint density at radius 2 is 2.06 bits per heavy atom. The standard InChI is InChI=1S/C14H16FN3/c1-11(2)10-18(7-3-6-16)14-5-4-12(9-17)8-13(14)15/h4-5,8,11H,3,7,10H2,1-2H3. The van der Waals surface area contributed by atoms with Crippen LogP contribution in [0.15, 0.2) is 18.2 Å². The van der Waals surface area contributed by atoms with Crippen molar-refractivity contribution in [2.45, 2.75) is 20.3 Å². The summed E-state index contributed by atoms with van der Waals surface area (Å²) in [7, 11) is 0. The van der Waals surface area contributed by atoms with E-state index in [1.165, 1.54) is 6.07 Å². The minimum atomic E-state index is -0.410. The molecule has 0 aliphatic rings. The summed E-state index contributed by atoms with van der Waals surface area (Å²) in [6.45, 7) is 5.27. The van der Waals surface area contributed by atoms with Gasteiger partial charge in [-0.1, -0.05) is 13.8 Å². The van der Waals surface area contributed by atoms with Crippen LogP contribution in [0, 0.1) is 34.4 Å². The van der Waals surface area contributed by atoms with Crippen molar-refractivity contribution in [1.29, 1.82) is 10.5 Å². The van der Waals surface area contributed by atoms with E-state index in [0.29, 0.717) is 36.7 Å². The molecule has 0 radical (unpaired) electrons. The first-order valence-corrected chi connectivity index (χ1v) is 5.90. The van der Waals surface area contributed by atoms with Crippen LogP contribution in [0.1, 0.15) is 25.8 Å². The van der Waals surface area contributed by atoms with E-state index in [9.17, 15) is 4.39 Å². The van der Waals surface area contributed by atoms with E-state index in [-0.39, 0.29) is 0 Å². The lowest BCUT2D eigenvalue weighted by Crippen LogP contribution is -2.29. The summed E-state index contributed by atoms with van der Waals surface area (Å²) in [5.41, 5.74) is 0.763. The predicted octanol–water partition coefficient (Wildman–Crippen LogP) is 3.07. The van der Waals surface area contributed by atoms with Gasteiger partial charge < -0.3 is 4.90 Å². The van der Waals surface area contributed by atoms with Crippen LogP contribution in [0.3, 0.4) is 0 Å². The Labute approximate surface area is 107 Å². The lowest BCUT2D eigenvalue weighted by molar-refractivity contribution is 0.582. The first-order valence-electron chi connectivity index (χ1n) is 5.90. The second-order valence-corrected chi connectivity index (χ2v) is 4.53. The van der Waals surface area contributed by atoms with Crippen LogP contribution in [0.2, 0.25) is 0 Å². The molecular weight excluding hydrogens is 229 g/mol. The van der Waals surface area contributed by atoms with Crippen LogP contribution in [-0.4, -0.2) is 13.1 Å². The zero-order valence-corrected chi connectivity index (χ0v) is 10.7. The number of anilines is 1. The van der Waals surface area contributed by atoms with Gasteiger partial charge in [-0.05, 0) is 24.1 Å². The van der Waals surface area contributed by atoms with Crippen LogP contribution in [0.4, 0.5) is 10.1 Å². The van der Waals surface area contributed by atoms with Crippen molar-refractivity contribution in [3.8, 4) is 12.1 Å². The molecule has 0 unspecified atom stereocenters. The maximum absolute atomic E-state index is 13.9. The number of hydrogen-bond acceptors (Lipinski definition) is 3. The Morgan fingerprint density at radius 3 is 2.56 bits per heavy atom. The molecule has 0 saturated heterocycles. The first-order chi connectivity index (χ1) is 8.58. The van der Waals surface area contributed by atoms with Crippen molar-refractivity contribution in [3.63, 3.8) is 0 Å². The molecule has 3 nitrogen and oxygen atoms in total. The highest BCUT2D eigenvalue weighted by atomic mass is 19.1. The number of benzene rings is 1. The largest absolute Gasteiger partial charge is 0.368 e. The summed E-state index contributed by atoms with van der Waals surface area (Å²) < 4.78 is 13.9. The van der Waals surface area contributed by atoms with Gasteiger partial charge in [0.25, 0.3) is 0 Å². The second-order valence-electron chi connectivity index (χ2n) is 4.53.